The summed E-state index contributed by atoms with van der Waals surface area (Å²) in [6.45, 7) is 6.74. The molecule has 0 saturated heterocycles. The lowest BCUT2D eigenvalue weighted by Gasteiger charge is -2.19. The van der Waals surface area contributed by atoms with Crippen molar-refractivity contribution >= 4 is 5.69 Å². The van der Waals surface area contributed by atoms with E-state index < -0.39 is 0 Å². The van der Waals surface area contributed by atoms with E-state index in [0.717, 1.165) is 11.3 Å². The van der Waals surface area contributed by atoms with E-state index in [1.54, 1.807) is 0 Å². The summed E-state index contributed by atoms with van der Waals surface area (Å²) in [6.07, 6.45) is 3.72. The van der Waals surface area contributed by atoms with Crippen LogP contribution in [0.2, 0.25) is 0 Å². The van der Waals surface area contributed by atoms with Crippen LogP contribution in [0.1, 0.15) is 44.2 Å². The first-order valence-corrected chi connectivity index (χ1v) is 6.27. The molecule has 1 fully saturated rings. The molecule has 1 atom stereocenters. The lowest BCUT2D eigenvalue weighted by Crippen LogP contribution is -2.18. The van der Waals surface area contributed by atoms with Crippen molar-refractivity contribution < 1.29 is 0 Å². The maximum Gasteiger partial charge on any atom is 0.0992 e. The molecule has 1 unspecified atom stereocenters. The molecule has 1 aliphatic rings. The molecule has 0 bridgehead atoms. The van der Waals surface area contributed by atoms with E-state index in [9.17, 15) is 0 Å². The minimum Gasteiger partial charge on any atom is -0.382 e. The average Bonchev–Trinajstić information content (AvgIpc) is 2.61. The molecule has 1 aromatic carbocycles. The second kappa shape index (κ2) is 4.41. The molecule has 1 aliphatic carbocycles. The van der Waals surface area contributed by atoms with Crippen molar-refractivity contribution in [2.24, 2.45) is 5.41 Å². The molecular formula is C15H20N2. The number of benzene rings is 1. The topological polar surface area (TPSA) is 35.8 Å². The summed E-state index contributed by atoms with van der Waals surface area (Å²) in [6, 6.07) is 8.60. The lowest BCUT2D eigenvalue weighted by molar-refractivity contribution is 0.378. The maximum absolute atomic E-state index is 8.92. The van der Waals surface area contributed by atoms with Crippen LogP contribution in [0.25, 0.3) is 0 Å². The molecule has 1 aromatic rings. The SMILES string of the molecule is Cc1ccc(C#N)cc1NC1CCC(C)(C)C1. The Kier molecular flexibility index (Phi) is 3.11. The molecule has 0 aliphatic heterocycles. The molecule has 0 heterocycles. The van der Waals surface area contributed by atoms with E-state index in [-0.39, 0.29) is 0 Å². The van der Waals surface area contributed by atoms with E-state index in [1.165, 1.54) is 24.8 Å². The summed E-state index contributed by atoms with van der Waals surface area (Å²) in [5.41, 5.74) is 3.52. The minimum atomic E-state index is 0.457. The van der Waals surface area contributed by atoms with Crippen molar-refractivity contribution in [1.82, 2.24) is 0 Å². The van der Waals surface area contributed by atoms with Crippen LogP contribution >= 0.6 is 0 Å². The van der Waals surface area contributed by atoms with Gasteiger partial charge in [0.15, 0.2) is 0 Å². The first kappa shape index (κ1) is 12.0. The number of nitrogens with zero attached hydrogens (tertiary/aromatic N) is 1. The lowest BCUT2D eigenvalue weighted by atomic mass is 9.92. The van der Waals surface area contributed by atoms with E-state index >= 15 is 0 Å². The predicted octanol–water partition coefficient (Wildman–Crippen LogP) is 3.86. The quantitative estimate of drug-likeness (QED) is 0.834. The Morgan fingerprint density at radius 3 is 2.76 bits per heavy atom. The molecule has 0 radical (unpaired) electrons. The highest BCUT2D eigenvalue weighted by Gasteiger charge is 2.30. The molecule has 2 nitrogen and oxygen atoms in total. The molecule has 90 valence electrons. The van der Waals surface area contributed by atoms with Gasteiger partial charge in [0.05, 0.1) is 11.6 Å². The van der Waals surface area contributed by atoms with Crippen LogP contribution in [-0.2, 0) is 0 Å². The number of anilines is 1. The van der Waals surface area contributed by atoms with Crippen LogP contribution in [0.5, 0.6) is 0 Å². The molecule has 1 N–H and O–H groups in total. The Bertz CT molecular complexity index is 454. The summed E-state index contributed by atoms with van der Waals surface area (Å²) in [7, 11) is 0. The number of aryl methyl sites for hydroxylation is 1. The van der Waals surface area contributed by atoms with Crippen LogP contribution in [0.4, 0.5) is 5.69 Å². The average molecular weight is 228 g/mol. The fraction of sp³-hybridized carbons (Fsp3) is 0.533. The van der Waals surface area contributed by atoms with Gasteiger partial charge in [-0.15, -0.1) is 0 Å². The molecular weight excluding hydrogens is 208 g/mol. The van der Waals surface area contributed by atoms with E-state index in [0.29, 0.717) is 11.5 Å². The van der Waals surface area contributed by atoms with Crippen LogP contribution in [-0.4, -0.2) is 6.04 Å². The number of nitriles is 1. The molecule has 2 heteroatoms. The van der Waals surface area contributed by atoms with E-state index in [1.807, 2.05) is 18.2 Å². The Morgan fingerprint density at radius 2 is 2.18 bits per heavy atom. The summed E-state index contributed by atoms with van der Waals surface area (Å²) in [4.78, 5) is 0. The molecule has 17 heavy (non-hydrogen) atoms. The van der Waals surface area contributed by atoms with Crippen molar-refractivity contribution in [2.75, 3.05) is 5.32 Å². The fourth-order valence-corrected chi connectivity index (χ4v) is 2.63. The normalized spacial score (nSPS) is 22.1. The molecule has 0 spiro atoms. The Labute approximate surface area is 104 Å². The molecule has 2 rings (SSSR count). The van der Waals surface area contributed by atoms with Crippen molar-refractivity contribution in [3.63, 3.8) is 0 Å². The highest BCUT2D eigenvalue weighted by atomic mass is 14.9. The van der Waals surface area contributed by atoms with E-state index in [4.69, 9.17) is 5.26 Å². The minimum absolute atomic E-state index is 0.457. The fourth-order valence-electron chi connectivity index (χ4n) is 2.63. The maximum atomic E-state index is 8.92. The first-order chi connectivity index (χ1) is 8.00. The molecule has 1 saturated carbocycles. The van der Waals surface area contributed by atoms with Gasteiger partial charge in [-0.1, -0.05) is 19.9 Å². The van der Waals surface area contributed by atoms with Gasteiger partial charge in [0, 0.05) is 11.7 Å². The van der Waals surface area contributed by atoms with Crippen LogP contribution in [0.15, 0.2) is 18.2 Å². The monoisotopic (exact) mass is 228 g/mol. The third-order valence-corrected chi connectivity index (χ3v) is 3.69. The van der Waals surface area contributed by atoms with Crippen LogP contribution in [0, 0.1) is 23.7 Å². The Balaban J connectivity index is 2.12. The zero-order chi connectivity index (χ0) is 12.5. The predicted molar refractivity (Wildman–Crippen MR) is 70.9 cm³/mol. The van der Waals surface area contributed by atoms with Crippen molar-refractivity contribution in [2.45, 2.75) is 46.1 Å². The van der Waals surface area contributed by atoms with Gasteiger partial charge in [0.2, 0.25) is 0 Å². The van der Waals surface area contributed by atoms with Crippen molar-refractivity contribution in [3.8, 4) is 6.07 Å². The number of hydrogen-bond donors (Lipinski definition) is 1. The zero-order valence-corrected chi connectivity index (χ0v) is 10.9. The third-order valence-electron chi connectivity index (χ3n) is 3.69. The van der Waals surface area contributed by atoms with Crippen molar-refractivity contribution in [3.05, 3.63) is 29.3 Å². The highest BCUT2D eigenvalue weighted by molar-refractivity contribution is 5.55. The third kappa shape index (κ3) is 2.79. The summed E-state index contributed by atoms with van der Waals surface area (Å²) < 4.78 is 0. The van der Waals surface area contributed by atoms with Gasteiger partial charge in [-0.05, 0) is 49.3 Å². The second-order valence-electron chi connectivity index (χ2n) is 5.89. The summed E-state index contributed by atoms with van der Waals surface area (Å²) in [5.74, 6) is 0. The Hall–Kier alpha value is -1.49. The van der Waals surface area contributed by atoms with Gasteiger partial charge in [0.25, 0.3) is 0 Å². The van der Waals surface area contributed by atoms with Gasteiger partial charge in [-0.3, -0.25) is 0 Å². The molecule has 0 amide bonds. The largest absolute Gasteiger partial charge is 0.382 e. The molecule has 0 aromatic heterocycles. The summed E-state index contributed by atoms with van der Waals surface area (Å²) in [5, 5.41) is 12.5. The summed E-state index contributed by atoms with van der Waals surface area (Å²) >= 11 is 0. The highest BCUT2D eigenvalue weighted by Crippen LogP contribution is 2.38. The standard InChI is InChI=1S/C15H20N2/c1-11-4-5-12(10-16)8-14(11)17-13-6-7-15(2,3)9-13/h4-5,8,13,17H,6-7,9H2,1-3H3. The van der Waals surface area contributed by atoms with Crippen molar-refractivity contribution in [1.29, 1.82) is 5.26 Å². The van der Waals surface area contributed by atoms with Crippen LogP contribution < -0.4 is 5.32 Å². The zero-order valence-electron chi connectivity index (χ0n) is 10.9. The van der Waals surface area contributed by atoms with Gasteiger partial charge in [-0.25, -0.2) is 0 Å². The first-order valence-electron chi connectivity index (χ1n) is 6.27. The van der Waals surface area contributed by atoms with Gasteiger partial charge < -0.3 is 5.32 Å². The van der Waals surface area contributed by atoms with Gasteiger partial charge in [0.1, 0.15) is 0 Å². The number of rotatable bonds is 2. The smallest absolute Gasteiger partial charge is 0.0992 e. The van der Waals surface area contributed by atoms with E-state index in [2.05, 4.69) is 32.2 Å². The number of hydrogen-bond acceptors (Lipinski definition) is 2. The second-order valence-corrected chi connectivity index (χ2v) is 5.89. The number of nitrogens with one attached hydrogen (secondary N) is 1. The Morgan fingerprint density at radius 1 is 1.41 bits per heavy atom. The van der Waals surface area contributed by atoms with Crippen LogP contribution in [0.3, 0.4) is 0 Å². The van der Waals surface area contributed by atoms with Gasteiger partial charge >= 0.3 is 0 Å². The van der Waals surface area contributed by atoms with Gasteiger partial charge in [-0.2, -0.15) is 5.26 Å².